The molecule has 0 aliphatic rings. The quantitative estimate of drug-likeness (QED) is 0.129. The van der Waals surface area contributed by atoms with Gasteiger partial charge in [-0.05, 0) is 88.9 Å². The number of halogens is 2. The van der Waals surface area contributed by atoms with Crippen LogP contribution in [0.2, 0.25) is 18.1 Å². The summed E-state index contributed by atoms with van der Waals surface area (Å²) in [5.41, 5.74) is 2.97. The van der Waals surface area contributed by atoms with Gasteiger partial charge in [-0.1, -0.05) is 86.6 Å². The average molecular weight is 747 g/mol. The van der Waals surface area contributed by atoms with Gasteiger partial charge in [-0.15, -0.1) is 0 Å². The molecule has 0 aliphatic heterocycles. The Bertz CT molecular complexity index is 1930. The molecular weight excluding hydrogens is 691 g/mol. The Balaban J connectivity index is 0.000000295. The third kappa shape index (κ3) is 10.7. The van der Waals surface area contributed by atoms with E-state index in [1.165, 1.54) is 25.3 Å². The van der Waals surface area contributed by atoms with Crippen molar-refractivity contribution in [3.05, 3.63) is 107 Å². The van der Waals surface area contributed by atoms with Crippen LogP contribution in [0.15, 0.2) is 72.8 Å². The van der Waals surface area contributed by atoms with E-state index in [1.54, 1.807) is 43.5 Å². The summed E-state index contributed by atoms with van der Waals surface area (Å²) in [5, 5.41) is 9.44. The van der Waals surface area contributed by atoms with Crippen LogP contribution in [0.4, 0.5) is 8.78 Å². The van der Waals surface area contributed by atoms with E-state index < -0.39 is 25.0 Å². The van der Waals surface area contributed by atoms with Crippen molar-refractivity contribution in [2.24, 2.45) is 10.8 Å². The second-order valence-electron chi connectivity index (χ2n) is 16.8. The van der Waals surface area contributed by atoms with Gasteiger partial charge in [0.25, 0.3) is 0 Å². The van der Waals surface area contributed by atoms with Crippen LogP contribution in [0.3, 0.4) is 0 Å². The number of methoxy groups -OCH3 is 2. The van der Waals surface area contributed by atoms with E-state index in [2.05, 4.69) is 33.9 Å². The number of rotatable bonds is 10. The summed E-state index contributed by atoms with van der Waals surface area (Å²) in [4.78, 5) is 26.0. The molecular formula is C44H56F2O6Si. The normalized spacial score (nSPS) is 12.2. The first kappa shape index (κ1) is 43.2. The van der Waals surface area contributed by atoms with Crippen molar-refractivity contribution >= 4 is 19.9 Å². The van der Waals surface area contributed by atoms with Gasteiger partial charge in [0, 0.05) is 33.1 Å². The molecule has 6 nitrogen and oxygen atoms in total. The zero-order valence-corrected chi connectivity index (χ0v) is 34.6. The molecule has 0 saturated carbocycles. The number of hydrogen-bond donors (Lipinski definition) is 1. The number of ketones is 2. The maximum atomic E-state index is 14.7. The predicted octanol–water partition coefficient (Wildman–Crippen LogP) is 11.5. The molecule has 0 radical (unpaired) electrons. The first-order valence-corrected chi connectivity index (χ1v) is 20.6. The SMILES string of the molecule is COc1ccc(F)c(-c2ccc(CO)cc2C(=O)C(C)(C)C)c1.COc1ccc(F)c(-c2ccc(CO[Si](C)(C)C(C)(C)C)cc2C(=O)C(C)(C)C)c1. The average Bonchev–Trinajstić information content (AvgIpc) is 3.09. The third-order valence-electron chi connectivity index (χ3n) is 9.54. The maximum absolute atomic E-state index is 14.7. The zero-order chi connectivity index (χ0) is 40.1. The highest BCUT2D eigenvalue weighted by Gasteiger charge is 2.37. The van der Waals surface area contributed by atoms with Crippen molar-refractivity contribution in [2.45, 2.75) is 93.7 Å². The fourth-order valence-electron chi connectivity index (χ4n) is 5.18. The summed E-state index contributed by atoms with van der Waals surface area (Å²) in [5.74, 6) is 0.112. The lowest BCUT2D eigenvalue weighted by atomic mass is 9.82. The summed E-state index contributed by atoms with van der Waals surface area (Å²) in [6.45, 7) is 22.3. The number of aliphatic hydroxyl groups excluding tert-OH is 1. The monoisotopic (exact) mass is 746 g/mol. The van der Waals surface area contributed by atoms with Gasteiger partial charge in [-0.3, -0.25) is 9.59 Å². The number of carbonyl (C=O) groups is 2. The van der Waals surface area contributed by atoms with Gasteiger partial charge in [-0.25, -0.2) is 8.78 Å². The van der Waals surface area contributed by atoms with Crippen molar-refractivity contribution in [2.75, 3.05) is 14.2 Å². The van der Waals surface area contributed by atoms with E-state index in [9.17, 15) is 23.5 Å². The molecule has 0 aliphatic carbocycles. The minimum Gasteiger partial charge on any atom is -0.497 e. The Morgan fingerprint density at radius 3 is 1.36 bits per heavy atom. The molecule has 0 spiro atoms. The number of ether oxygens (including phenoxy) is 2. The van der Waals surface area contributed by atoms with Crippen LogP contribution in [-0.2, 0) is 17.6 Å². The highest BCUT2D eigenvalue weighted by molar-refractivity contribution is 6.74. The summed E-state index contributed by atoms with van der Waals surface area (Å²) in [6, 6.07) is 19.6. The second-order valence-corrected chi connectivity index (χ2v) is 21.6. The Morgan fingerprint density at radius 1 is 0.604 bits per heavy atom. The predicted molar refractivity (Wildman–Crippen MR) is 212 cm³/mol. The summed E-state index contributed by atoms with van der Waals surface area (Å²) in [7, 11) is 1.12. The van der Waals surface area contributed by atoms with Gasteiger partial charge in [-0.2, -0.15) is 0 Å². The van der Waals surface area contributed by atoms with Crippen molar-refractivity contribution in [3.8, 4) is 33.8 Å². The molecule has 0 aromatic heterocycles. The molecule has 9 heteroatoms. The minimum absolute atomic E-state index is 0.0334. The number of carbonyl (C=O) groups excluding carboxylic acids is 2. The Hall–Kier alpha value is -4.18. The van der Waals surface area contributed by atoms with Crippen LogP contribution < -0.4 is 9.47 Å². The van der Waals surface area contributed by atoms with Crippen LogP contribution >= 0.6 is 0 Å². The lowest BCUT2D eigenvalue weighted by molar-refractivity contribution is 0.0853. The van der Waals surface area contributed by atoms with Gasteiger partial charge in [0.1, 0.15) is 23.1 Å². The second kappa shape index (κ2) is 16.9. The molecule has 4 aromatic rings. The van der Waals surface area contributed by atoms with E-state index >= 15 is 0 Å². The molecule has 4 aromatic carbocycles. The Kier molecular flexibility index (Phi) is 13.8. The number of benzene rings is 4. The minimum atomic E-state index is -1.93. The Morgan fingerprint density at radius 2 is 1.00 bits per heavy atom. The van der Waals surface area contributed by atoms with E-state index in [0.717, 1.165) is 5.56 Å². The fraction of sp³-hybridized carbons (Fsp3) is 0.409. The smallest absolute Gasteiger partial charge is 0.192 e. The lowest BCUT2D eigenvalue weighted by Gasteiger charge is -2.36. The van der Waals surface area contributed by atoms with Crippen LogP contribution in [0.1, 0.15) is 94.2 Å². The summed E-state index contributed by atoms with van der Waals surface area (Å²) in [6.07, 6.45) is 0. The molecule has 0 unspecified atom stereocenters. The van der Waals surface area contributed by atoms with Gasteiger partial charge in [0.05, 0.1) is 27.4 Å². The van der Waals surface area contributed by atoms with Crippen molar-refractivity contribution in [3.63, 3.8) is 0 Å². The van der Waals surface area contributed by atoms with E-state index in [1.807, 2.05) is 59.7 Å². The topological polar surface area (TPSA) is 82.1 Å². The molecule has 0 saturated heterocycles. The van der Waals surface area contributed by atoms with Crippen LogP contribution in [0.25, 0.3) is 22.3 Å². The van der Waals surface area contributed by atoms with Gasteiger partial charge in [0.2, 0.25) is 0 Å². The molecule has 1 N–H and O–H groups in total. The molecule has 0 fully saturated rings. The third-order valence-corrected chi connectivity index (χ3v) is 14.0. The molecule has 0 atom stereocenters. The van der Waals surface area contributed by atoms with Crippen molar-refractivity contribution in [1.29, 1.82) is 0 Å². The molecule has 0 amide bonds. The van der Waals surface area contributed by atoms with Crippen molar-refractivity contribution in [1.82, 2.24) is 0 Å². The van der Waals surface area contributed by atoms with E-state index in [0.29, 0.717) is 57.1 Å². The molecule has 53 heavy (non-hydrogen) atoms. The molecule has 286 valence electrons. The zero-order valence-electron chi connectivity index (χ0n) is 33.6. The first-order valence-electron chi connectivity index (χ1n) is 17.7. The van der Waals surface area contributed by atoms with Crippen LogP contribution in [0.5, 0.6) is 11.5 Å². The first-order chi connectivity index (χ1) is 24.4. The van der Waals surface area contributed by atoms with Crippen molar-refractivity contribution < 1.29 is 37.4 Å². The highest BCUT2D eigenvalue weighted by atomic mass is 28.4. The Labute approximate surface area is 315 Å². The van der Waals surface area contributed by atoms with E-state index in [-0.39, 0.29) is 29.0 Å². The molecule has 0 bridgehead atoms. The standard InChI is InChI=1S/C25H35FO3Si.C19H21FO3/c1-24(2,3)23(27)21-14-17(16-29-30(8,9)25(4,5)6)10-12-19(21)20-15-18(28-7)11-13-22(20)26;1-19(2,3)18(22)16-9-12(11-21)5-7-14(16)15-10-13(23-4)6-8-17(15)20/h10-15H,16H2,1-9H3;5-10,21H,11H2,1-4H3. The number of aliphatic hydroxyl groups is 1. The van der Waals surface area contributed by atoms with E-state index in [4.69, 9.17) is 13.9 Å². The molecule has 4 rings (SSSR count). The van der Waals surface area contributed by atoms with Gasteiger partial charge < -0.3 is 19.0 Å². The highest BCUT2D eigenvalue weighted by Crippen LogP contribution is 2.39. The number of hydrogen-bond acceptors (Lipinski definition) is 6. The fourth-order valence-corrected chi connectivity index (χ4v) is 6.14. The van der Waals surface area contributed by atoms with Crippen LogP contribution in [0, 0.1) is 22.5 Å². The molecule has 0 heterocycles. The summed E-state index contributed by atoms with van der Waals surface area (Å²) < 4.78 is 45.7. The summed E-state index contributed by atoms with van der Waals surface area (Å²) >= 11 is 0. The lowest BCUT2D eigenvalue weighted by Crippen LogP contribution is -2.40. The largest absolute Gasteiger partial charge is 0.497 e. The maximum Gasteiger partial charge on any atom is 0.192 e. The van der Waals surface area contributed by atoms with Crippen LogP contribution in [-0.4, -0.2) is 39.2 Å². The van der Waals surface area contributed by atoms with Gasteiger partial charge >= 0.3 is 0 Å². The van der Waals surface area contributed by atoms with Gasteiger partial charge in [0.15, 0.2) is 19.9 Å². The number of Topliss-reactive ketones (excluding diaryl/α,β-unsaturated/α-hetero) is 2.